The number of carbonyl (C=O) groups excluding carboxylic acids is 2. The van der Waals surface area contributed by atoms with Crippen molar-refractivity contribution >= 4 is 23.5 Å². The van der Waals surface area contributed by atoms with E-state index in [1.54, 1.807) is 17.9 Å². The van der Waals surface area contributed by atoms with Crippen LogP contribution in [0.1, 0.15) is 74.0 Å². The number of amides is 2. The number of hydrogen-bond acceptors (Lipinski definition) is 10. The van der Waals surface area contributed by atoms with Gasteiger partial charge in [0.05, 0.1) is 18.8 Å². The van der Waals surface area contributed by atoms with Crippen molar-refractivity contribution in [2.24, 2.45) is 0 Å². The van der Waals surface area contributed by atoms with E-state index in [4.69, 9.17) is 14.7 Å². The molecule has 246 valence electrons. The van der Waals surface area contributed by atoms with Gasteiger partial charge in [0.1, 0.15) is 0 Å². The van der Waals surface area contributed by atoms with E-state index in [0.29, 0.717) is 31.4 Å². The number of aromatic nitrogens is 2. The van der Waals surface area contributed by atoms with Gasteiger partial charge < -0.3 is 24.8 Å². The molecule has 2 saturated heterocycles. The number of aliphatic hydroxyl groups is 1. The number of nitrogens with zero attached hydrogens (tertiary/aromatic N) is 4. The average molecular weight is 633 g/mol. The van der Waals surface area contributed by atoms with Crippen LogP contribution in [-0.2, 0) is 25.7 Å². The van der Waals surface area contributed by atoms with Gasteiger partial charge >= 0.3 is 0 Å². The van der Waals surface area contributed by atoms with Gasteiger partial charge in [-0.1, -0.05) is 49.2 Å². The molecule has 1 aromatic heterocycles. The number of hydrogen-bond donors (Lipinski definition) is 4. The van der Waals surface area contributed by atoms with Crippen molar-refractivity contribution in [3.05, 3.63) is 83.7 Å². The quantitative estimate of drug-likeness (QED) is 0.116. The number of aliphatic hydroxyl groups excluding tert-OH is 1. The van der Waals surface area contributed by atoms with Crippen LogP contribution in [0, 0.1) is 0 Å². The van der Waals surface area contributed by atoms with E-state index in [1.807, 2.05) is 54.6 Å². The smallest absolute Gasteiger partial charge is 0.243 e. The van der Waals surface area contributed by atoms with Crippen molar-refractivity contribution in [2.45, 2.75) is 70.1 Å². The Bertz CT molecular complexity index is 1390. The lowest BCUT2D eigenvalue weighted by Crippen LogP contribution is -2.50. The highest BCUT2D eigenvalue weighted by atomic mass is 16.7. The van der Waals surface area contributed by atoms with Crippen molar-refractivity contribution in [3.63, 3.8) is 0 Å². The Morgan fingerprint density at radius 1 is 0.848 bits per heavy atom. The van der Waals surface area contributed by atoms with Crippen LogP contribution >= 0.6 is 0 Å². The Hall–Kier alpha value is -3.94. The second-order valence-corrected chi connectivity index (χ2v) is 11.8. The van der Waals surface area contributed by atoms with Gasteiger partial charge in [-0.3, -0.25) is 19.7 Å². The summed E-state index contributed by atoms with van der Waals surface area (Å²) in [5.41, 5.74) is 5.02. The molecule has 0 spiro atoms. The monoisotopic (exact) mass is 632 g/mol. The van der Waals surface area contributed by atoms with Gasteiger partial charge in [-0.15, -0.1) is 0 Å². The number of piperazine rings is 1. The standard InChI is InChI=1S/C34H44N6O6/c41-24-25-11-13-26(14-12-25)30-22-29(23-39-17-19-40(20-18-39)34-35-15-6-16-36-34)45-33(46-30)27-7-5-8-28(21-27)37-31(42)9-3-1-2-4-10-32(43)38-44/h5-8,11-16,21,29-30,33,41,44H,1-4,9-10,17-20,22-24H2,(H,37,42)(H,38,43)/t29-,30+,33+/m0/s1. The highest BCUT2D eigenvalue weighted by Crippen LogP contribution is 2.38. The molecule has 2 fully saturated rings. The Morgan fingerprint density at radius 3 is 2.26 bits per heavy atom. The van der Waals surface area contributed by atoms with E-state index in [1.165, 1.54) is 0 Å². The molecular formula is C34H44N6O6. The maximum atomic E-state index is 12.7. The van der Waals surface area contributed by atoms with E-state index >= 15 is 0 Å². The summed E-state index contributed by atoms with van der Waals surface area (Å²) in [5, 5.41) is 21.1. The van der Waals surface area contributed by atoms with Crippen LogP contribution in [0.4, 0.5) is 11.6 Å². The van der Waals surface area contributed by atoms with Gasteiger partial charge in [-0.2, -0.15) is 0 Å². The van der Waals surface area contributed by atoms with Crippen molar-refractivity contribution in [1.29, 1.82) is 0 Å². The third kappa shape index (κ3) is 9.78. The number of unbranched alkanes of at least 4 members (excludes halogenated alkanes) is 3. The molecule has 46 heavy (non-hydrogen) atoms. The SMILES string of the molecule is O=C(CCCCCCC(=O)Nc1cccc([C@@H]2O[C@H](CN3CCN(c4ncccn4)CC3)C[C@H](c3ccc(CO)cc3)O2)c1)NO. The summed E-state index contributed by atoms with van der Waals surface area (Å²) in [6, 6.07) is 17.3. The van der Waals surface area contributed by atoms with Crippen LogP contribution in [0.15, 0.2) is 67.0 Å². The van der Waals surface area contributed by atoms with Gasteiger partial charge in [0.2, 0.25) is 17.8 Å². The molecular weight excluding hydrogens is 588 g/mol. The van der Waals surface area contributed by atoms with Crippen molar-refractivity contribution in [2.75, 3.05) is 42.9 Å². The predicted molar refractivity (Wildman–Crippen MR) is 172 cm³/mol. The molecule has 12 nitrogen and oxygen atoms in total. The first-order valence-corrected chi connectivity index (χ1v) is 16.1. The first kappa shape index (κ1) is 33.4. The minimum atomic E-state index is -0.617. The minimum absolute atomic E-state index is 0.0119. The first-order chi connectivity index (χ1) is 22.5. The van der Waals surface area contributed by atoms with Crippen molar-refractivity contribution in [3.8, 4) is 0 Å². The zero-order valence-corrected chi connectivity index (χ0v) is 26.1. The van der Waals surface area contributed by atoms with Crippen LogP contribution in [0.5, 0.6) is 0 Å². The number of anilines is 2. The summed E-state index contributed by atoms with van der Waals surface area (Å²) in [7, 11) is 0. The van der Waals surface area contributed by atoms with Crippen molar-refractivity contribution in [1.82, 2.24) is 20.3 Å². The molecule has 0 saturated carbocycles. The molecule has 5 rings (SSSR count). The highest BCUT2D eigenvalue weighted by molar-refractivity contribution is 5.90. The fourth-order valence-electron chi connectivity index (χ4n) is 5.87. The lowest BCUT2D eigenvalue weighted by Gasteiger charge is -2.40. The normalized spacial score (nSPS) is 20.3. The molecule has 12 heteroatoms. The molecule has 3 atom stereocenters. The number of carbonyl (C=O) groups is 2. The zero-order chi connectivity index (χ0) is 32.1. The molecule has 4 N–H and O–H groups in total. The lowest BCUT2D eigenvalue weighted by molar-refractivity contribution is -0.253. The molecule has 3 aromatic rings. The number of benzene rings is 2. The molecule has 0 unspecified atom stereocenters. The summed E-state index contributed by atoms with van der Waals surface area (Å²) < 4.78 is 13.1. The summed E-state index contributed by atoms with van der Waals surface area (Å²) in [6.07, 6.45) is 7.02. The van der Waals surface area contributed by atoms with E-state index < -0.39 is 12.2 Å². The van der Waals surface area contributed by atoms with E-state index in [-0.39, 0.29) is 31.1 Å². The maximum absolute atomic E-state index is 12.7. The molecule has 2 aliphatic heterocycles. The second kappa shape index (κ2) is 17.1. The topological polar surface area (TPSA) is 149 Å². The Kier molecular flexibility index (Phi) is 12.4. The van der Waals surface area contributed by atoms with Crippen molar-refractivity contribution < 1.29 is 29.4 Å². The van der Waals surface area contributed by atoms with E-state index in [0.717, 1.165) is 68.2 Å². The number of nitrogens with one attached hydrogen (secondary N) is 2. The summed E-state index contributed by atoms with van der Waals surface area (Å²) in [4.78, 5) is 37.2. The fourth-order valence-corrected chi connectivity index (χ4v) is 5.87. The Balaban J connectivity index is 1.19. The third-order valence-corrected chi connectivity index (χ3v) is 8.41. The molecule has 2 amide bonds. The van der Waals surface area contributed by atoms with Gasteiger partial charge in [-0.05, 0) is 42.2 Å². The highest BCUT2D eigenvalue weighted by Gasteiger charge is 2.34. The molecule has 0 bridgehead atoms. The Labute approximate surface area is 269 Å². The number of ether oxygens (including phenoxy) is 2. The minimum Gasteiger partial charge on any atom is -0.392 e. The van der Waals surface area contributed by atoms with Crippen LogP contribution in [0.2, 0.25) is 0 Å². The molecule has 0 aliphatic carbocycles. The van der Waals surface area contributed by atoms with Crippen LogP contribution in [-0.4, -0.2) is 75.8 Å². The average Bonchev–Trinajstić information content (AvgIpc) is 3.10. The van der Waals surface area contributed by atoms with Crippen LogP contribution in [0.25, 0.3) is 0 Å². The zero-order valence-electron chi connectivity index (χ0n) is 26.1. The van der Waals surface area contributed by atoms with Crippen LogP contribution in [0.3, 0.4) is 0 Å². The second-order valence-electron chi connectivity index (χ2n) is 11.8. The van der Waals surface area contributed by atoms with E-state index in [2.05, 4.69) is 25.1 Å². The molecule has 2 aliphatic rings. The van der Waals surface area contributed by atoms with Gasteiger partial charge in [0.15, 0.2) is 6.29 Å². The lowest BCUT2D eigenvalue weighted by atomic mass is 9.99. The van der Waals surface area contributed by atoms with Gasteiger partial charge in [0, 0.05) is 75.6 Å². The third-order valence-electron chi connectivity index (χ3n) is 8.41. The molecule has 2 aromatic carbocycles. The summed E-state index contributed by atoms with van der Waals surface area (Å²) >= 11 is 0. The fraction of sp³-hybridized carbons (Fsp3) is 0.471. The maximum Gasteiger partial charge on any atom is 0.243 e. The van der Waals surface area contributed by atoms with Crippen LogP contribution < -0.4 is 15.7 Å². The summed E-state index contributed by atoms with van der Waals surface area (Å²) in [6.45, 7) is 4.17. The first-order valence-electron chi connectivity index (χ1n) is 16.1. The Morgan fingerprint density at radius 2 is 1.57 bits per heavy atom. The molecule has 0 radical (unpaired) electrons. The summed E-state index contributed by atoms with van der Waals surface area (Å²) in [5.74, 6) is 0.293. The molecule has 3 heterocycles. The largest absolute Gasteiger partial charge is 0.392 e. The van der Waals surface area contributed by atoms with Gasteiger partial charge in [-0.25, -0.2) is 15.4 Å². The predicted octanol–water partition coefficient (Wildman–Crippen LogP) is 4.12. The van der Waals surface area contributed by atoms with Gasteiger partial charge in [0.25, 0.3) is 0 Å². The number of rotatable bonds is 14. The number of hydroxylamine groups is 1. The van der Waals surface area contributed by atoms with E-state index in [9.17, 15) is 14.7 Å².